The van der Waals surface area contributed by atoms with Gasteiger partial charge in [-0.2, -0.15) is 0 Å². The number of carbonyl (C=O) groups excluding carboxylic acids is 1. The van der Waals surface area contributed by atoms with Crippen LogP contribution in [0.2, 0.25) is 5.02 Å². The number of carbonyl (C=O) groups is 1. The molecule has 0 radical (unpaired) electrons. The fourth-order valence-electron chi connectivity index (χ4n) is 3.82. The van der Waals surface area contributed by atoms with Crippen LogP contribution >= 0.6 is 35.6 Å². The Morgan fingerprint density at radius 2 is 1.82 bits per heavy atom. The smallest absolute Gasteiger partial charge is 0.270 e. The number of halogens is 3. The highest BCUT2D eigenvalue weighted by Gasteiger charge is 2.33. The molecule has 1 saturated heterocycles. The number of hydrogen-bond donors (Lipinski definition) is 0. The highest BCUT2D eigenvalue weighted by atomic mass is 35.5. The van der Waals surface area contributed by atoms with Crippen molar-refractivity contribution < 1.29 is 13.6 Å². The lowest BCUT2D eigenvalue weighted by Gasteiger charge is -2.14. The van der Waals surface area contributed by atoms with Crippen LogP contribution in [0.1, 0.15) is 11.1 Å². The Kier molecular flexibility index (Phi) is 5.78. The zero-order valence-electron chi connectivity index (χ0n) is 17.0. The van der Waals surface area contributed by atoms with Crippen molar-refractivity contribution in [3.05, 3.63) is 106 Å². The largest absolute Gasteiger partial charge is 0.342 e. The van der Waals surface area contributed by atoms with Gasteiger partial charge in [0.1, 0.15) is 11.6 Å². The number of rotatable bonds is 4. The van der Waals surface area contributed by atoms with E-state index in [2.05, 4.69) is 0 Å². The van der Waals surface area contributed by atoms with Crippen LogP contribution in [0.25, 0.3) is 17.0 Å². The summed E-state index contributed by atoms with van der Waals surface area (Å²) in [4.78, 5) is 14.9. The molecule has 3 aromatic carbocycles. The number of benzene rings is 3. The molecular formula is C25H15ClF2N2OS2. The topological polar surface area (TPSA) is 25.2 Å². The van der Waals surface area contributed by atoms with Gasteiger partial charge in [0, 0.05) is 33.2 Å². The molecule has 0 bridgehead atoms. The molecule has 1 aromatic heterocycles. The molecule has 2 heterocycles. The fraction of sp³-hybridized carbons (Fsp3) is 0.0400. The number of nitrogens with zero attached hydrogens (tertiary/aromatic N) is 2. The van der Waals surface area contributed by atoms with Gasteiger partial charge >= 0.3 is 0 Å². The van der Waals surface area contributed by atoms with Gasteiger partial charge in [0.25, 0.3) is 5.91 Å². The van der Waals surface area contributed by atoms with Gasteiger partial charge in [0.15, 0.2) is 4.32 Å². The number of thioether (sulfide) groups is 1. The Labute approximate surface area is 203 Å². The van der Waals surface area contributed by atoms with Crippen molar-refractivity contribution in [2.75, 3.05) is 4.90 Å². The van der Waals surface area contributed by atoms with Gasteiger partial charge in [-0.15, -0.1) is 0 Å². The van der Waals surface area contributed by atoms with Crippen molar-refractivity contribution in [2.45, 2.75) is 6.54 Å². The Morgan fingerprint density at radius 3 is 2.61 bits per heavy atom. The summed E-state index contributed by atoms with van der Waals surface area (Å²) in [5.74, 6) is -1.14. The highest BCUT2D eigenvalue weighted by Crippen LogP contribution is 2.37. The van der Waals surface area contributed by atoms with Gasteiger partial charge in [-0.3, -0.25) is 9.69 Å². The normalized spacial score (nSPS) is 15.2. The zero-order valence-corrected chi connectivity index (χ0v) is 19.4. The summed E-state index contributed by atoms with van der Waals surface area (Å²) in [6.07, 6.45) is 3.63. The van der Waals surface area contributed by atoms with Crippen LogP contribution in [0.5, 0.6) is 0 Å². The maximum atomic E-state index is 14.4. The second-order valence-electron chi connectivity index (χ2n) is 7.43. The SMILES string of the molecule is O=C1/C(=C/c2cn(Cc3c(F)cccc3Cl)c3ccccc23)SC(=S)N1c1cccc(F)c1. The summed E-state index contributed by atoms with van der Waals surface area (Å²) in [7, 11) is 0. The van der Waals surface area contributed by atoms with Crippen molar-refractivity contribution in [3.63, 3.8) is 0 Å². The van der Waals surface area contributed by atoms with Crippen LogP contribution in [-0.4, -0.2) is 14.8 Å². The summed E-state index contributed by atoms with van der Waals surface area (Å²) in [5.41, 5.74) is 2.45. The number of hydrogen-bond acceptors (Lipinski definition) is 3. The molecule has 8 heteroatoms. The third-order valence-corrected chi connectivity index (χ3v) is 7.01. The number of aromatic nitrogens is 1. The van der Waals surface area contributed by atoms with E-state index in [0.717, 1.165) is 28.2 Å². The van der Waals surface area contributed by atoms with Crippen LogP contribution < -0.4 is 4.90 Å². The molecule has 5 rings (SSSR count). The highest BCUT2D eigenvalue weighted by molar-refractivity contribution is 8.27. The van der Waals surface area contributed by atoms with E-state index < -0.39 is 5.82 Å². The van der Waals surface area contributed by atoms with E-state index in [1.165, 1.54) is 29.2 Å². The number of thiocarbonyl (C=S) groups is 1. The maximum Gasteiger partial charge on any atom is 0.270 e. The molecule has 1 amide bonds. The van der Waals surface area contributed by atoms with Crippen LogP contribution in [0, 0.1) is 11.6 Å². The number of anilines is 1. The van der Waals surface area contributed by atoms with Gasteiger partial charge in [0.2, 0.25) is 0 Å². The molecule has 3 nitrogen and oxygen atoms in total. The van der Waals surface area contributed by atoms with E-state index in [-0.39, 0.29) is 18.3 Å². The molecule has 0 atom stereocenters. The molecule has 1 aliphatic heterocycles. The summed E-state index contributed by atoms with van der Waals surface area (Å²) >= 11 is 12.8. The predicted molar refractivity (Wildman–Crippen MR) is 135 cm³/mol. The first-order valence-corrected chi connectivity index (χ1v) is 11.6. The average molecular weight is 497 g/mol. The van der Waals surface area contributed by atoms with Gasteiger partial charge in [-0.1, -0.05) is 65.9 Å². The Hall–Kier alpha value is -3.00. The van der Waals surface area contributed by atoms with E-state index in [4.69, 9.17) is 23.8 Å². The second-order valence-corrected chi connectivity index (χ2v) is 9.51. The first-order valence-electron chi connectivity index (χ1n) is 9.96. The molecule has 0 N–H and O–H groups in total. The molecule has 164 valence electrons. The Balaban J connectivity index is 1.55. The van der Waals surface area contributed by atoms with Gasteiger partial charge in [0.05, 0.1) is 17.1 Å². The minimum Gasteiger partial charge on any atom is -0.342 e. The molecule has 0 aliphatic carbocycles. The lowest BCUT2D eigenvalue weighted by molar-refractivity contribution is -0.113. The first kappa shape index (κ1) is 21.8. The van der Waals surface area contributed by atoms with Crippen LogP contribution in [0.15, 0.2) is 77.8 Å². The summed E-state index contributed by atoms with van der Waals surface area (Å²) in [6, 6.07) is 18.0. The van der Waals surface area contributed by atoms with E-state index in [9.17, 15) is 13.6 Å². The van der Waals surface area contributed by atoms with Crippen molar-refractivity contribution in [2.24, 2.45) is 0 Å². The number of fused-ring (bicyclic) bond motifs is 1. The summed E-state index contributed by atoms with van der Waals surface area (Å²) in [5, 5.41) is 1.26. The van der Waals surface area contributed by atoms with Gasteiger partial charge in [-0.05, 0) is 42.5 Å². The van der Waals surface area contributed by atoms with Crippen LogP contribution in [-0.2, 0) is 11.3 Å². The zero-order chi connectivity index (χ0) is 23.1. The maximum absolute atomic E-state index is 14.4. The predicted octanol–water partition coefficient (Wildman–Crippen LogP) is 7.03. The average Bonchev–Trinajstić information content (AvgIpc) is 3.27. The molecule has 0 saturated carbocycles. The third kappa shape index (κ3) is 4.08. The van der Waals surface area contributed by atoms with E-state index in [1.54, 1.807) is 24.3 Å². The van der Waals surface area contributed by atoms with Crippen LogP contribution in [0.4, 0.5) is 14.5 Å². The molecule has 0 spiro atoms. The van der Waals surface area contributed by atoms with E-state index in [0.29, 0.717) is 25.5 Å². The van der Waals surface area contributed by atoms with Crippen LogP contribution in [0.3, 0.4) is 0 Å². The fourth-order valence-corrected chi connectivity index (χ4v) is 5.33. The lowest BCUT2D eigenvalue weighted by Crippen LogP contribution is -2.27. The third-order valence-electron chi connectivity index (χ3n) is 5.36. The summed E-state index contributed by atoms with van der Waals surface area (Å²) < 4.78 is 30.3. The second kappa shape index (κ2) is 8.74. The molecule has 1 aliphatic rings. The van der Waals surface area contributed by atoms with Crippen molar-refractivity contribution >= 4 is 68.5 Å². The molecular weight excluding hydrogens is 482 g/mol. The first-order chi connectivity index (χ1) is 15.9. The monoisotopic (exact) mass is 496 g/mol. The van der Waals surface area contributed by atoms with Gasteiger partial charge < -0.3 is 4.57 Å². The van der Waals surface area contributed by atoms with E-state index >= 15 is 0 Å². The van der Waals surface area contributed by atoms with Crippen molar-refractivity contribution in [3.8, 4) is 0 Å². The minimum atomic E-state index is -0.444. The van der Waals surface area contributed by atoms with Crippen molar-refractivity contribution in [1.29, 1.82) is 0 Å². The summed E-state index contributed by atoms with van der Waals surface area (Å²) in [6.45, 7) is 0.240. The quantitative estimate of drug-likeness (QED) is 0.224. The van der Waals surface area contributed by atoms with E-state index in [1.807, 2.05) is 35.0 Å². The molecule has 0 unspecified atom stereocenters. The molecule has 4 aromatic rings. The van der Waals surface area contributed by atoms with Crippen molar-refractivity contribution in [1.82, 2.24) is 4.57 Å². The molecule has 1 fully saturated rings. The number of amides is 1. The molecule has 33 heavy (non-hydrogen) atoms. The minimum absolute atomic E-state index is 0.240. The standard InChI is InChI=1S/C25H15ClF2N2OS2/c26-20-8-4-9-21(28)19(20)14-29-13-15(18-7-1-2-10-22(18)29)11-23-24(31)30(25(32)33-23)17-6-3-5-16(27)12-17/h1-13H,14H2/b23-11-. The number of para-hydroxylation sites is 1. The lowest BCUT2D eigenvalue weighted by atomic mass is 10.1. The Morgan fingerprint density at radius 1 is 1.03 bits per heavy atom. The Bertz CT molecular complexity index is 1440. The van der Waals surface area contributed by atoms with Gasteiger partial charge in [-0.25, -0.2) is 8.78 Å².